The van der Waals surface area contributed by atoms with Crippen molar-refractivity contribution in [3.8, 4) is 22.6 Å². The maximum Gasteiger partial charge on any atom is 0.419 e. The lowest BCUT2D eigenvalue weighted by atomic mass is 10.0. The lowest BCUT2D eigenvalue weighted by Crippen LogP contribution is -2.25. The topological polar surface area (TPSA) is 82.1 Å². The van der Waals surface area contributed by atoms with E-state index >= 15 is 0 Å². The van der Waals surface area contributed by atoms with E-state index in [-0.39, 0.29) is 23.3 Å². The van der Waals surface area contributed by atoms with E-state index in [0.29, 0.717) is 17.2 Å². The molecule has 0 bridgehead atoms. The third kappa shape index (κ3) is 7.02. The fourth-order valence-electron chi connectivity index (χ4n) is 3.56. The van der Waals surface area contributed by atoms with Gasteiger partial charge in [-0.15, -0.1) is 0 Å². The molecule has 0 aliphatic carbocycles. The van der Waals surface area contributed by atoms with Crippen LogP contribution in [-0.2, 0) is 33.5 Å². The highest BCUT2D eigenvalue weighted by molar-refractivity contribution is 5.95. The molecular formula is C28H26F4O6. The van der Waals surface area contributed by atoms with Crippen LogP contribution in [0.25, 0.3) is 11.1 Å². The summed E-state index contributed by atoms with van der Waals surface area (Å²) in [6.07, 6.45) is -4.83. The number of phenolic OH excluding ortho intramolecular Hbond substituents is 1. The summed E-state index contributed by atoms with van der Waals surface area (Å²) in [6, 6.07) is 12.3. The summed E-state index contributed by atoms with van der Waals surface area (Å²) in [7, 11) is 1.29. The summed E-state index contributed by atoms with van der Waals surface area (Å²) in [5.41, 5.74) is -1.69. The summed E-state index contributed by atoms with van der Waals surface area (Å²) < 4.78 is 70.2. The number of aromatic hydroxyl groups is 1. The molecule has 1 N–H and O–H groups in total. The second kappa shape index (κ2) is 11.1. The first-order valence-corrected chi connectivity index (χ1v) is 11.4. The summed E-state index contributed by atoms with van der Waals surface area (Å²) in [6.45, 7) is 4.15. The fraction of sp³-hybridized carbons (Fsp3) is 0.286. The Morgan fingerprint density at radius 2 is 1.61 bits per heavy atom. The number of hydrogen-bond donors (Lipinski definition) is 1. The van der Waals surface area contributed by atoms with E-state index in [1.165, 1.54) is 40.0 Å². The number of carbonyl (C=O) groups excluding carboxylic acids is 2. The number of esters is 2. The highest BCUT2D eigenvalue weighted by Crippen LogP contribution is 2.39. The smallest absolute Gasteiger partial charge is 0.419 e. The number of benzene rings is 3. The van der Waals surface area contributed by atoms with Crippen molar-refractivity contribution in [3.63, 3.8) is 0 Å². The zero-order valence-electron chi connectivity index (χ0n) is 21.1. The molecule has 0 aliphatic rings. The van der Waals surface area contributed by atoms with Gasteiger partial charge >= 0.3 is 18.1 Å². The summed E-state index contributed by atoms with van der Waals surface area (Å²) in [5.74, 6) is -3.42. The molecule has 0 spiro atoms. The van der Waals surface area contributed by atoms with Crippen molar-refractivity contribution in [1.29, 1.82) is 0 Å². The maximum absolute atomic E-state index is 14.9. The van der Waals surface area contributed by atoms with Crippen molar-refractivity contribution in [2.45, 2.75) is 45.6 Å². The van der Waals surface area contributed by atoms with Crippen LogP contribution < -0.4 is 4.74 Å². The molecule has 0 aliphatic heterocycles. The van der Waals surface area contributed by atoms with Crippen LogP contribution in [0.1, 0.15) is 47.8 Å². The predicted octanol–water partition coefficient (Wildman–Crippen LogP) is 6.47. The van der Waals surface area contributed by atoms with Crippen LogP contribution in [0.4, 0.5) is 17.6 Å². The Hall–Kier alpha value is -4.08. The van der Waals surface area contributed by atoms with E-state index in [1.807, 2.05) is 0 Å². The van der Waals surface area contributed by atoms with E-state index < -0.39 is 53.0 Å². The molecule has 0 aromatic heterocycles. The van der Waals surface area contributed by atoms with Gasteiger partial charge in [-0.25, -0.2) is 9.18 Å². The average Bonchev–Trinajstić information content (AvgIpc) is 2.81. The van der Waals surface area contributed by atoms with Crippen molar-refractivity contribution < 1.29 is 46.5 Å². The molecule has 0 saturated heterocycles. The number of hydrogen-bond acceptors (Lipinski definition) is 6. The largest absolute Gasteiger partial charge is 0.506 e. The third-order valence-electron chi connectivity index (χ3n) is 5.35. The predicted molar refractivity (Wildman–Crippen MR) is 130 cm³/mol. The van der Waals surface area contributed by atoms with Gasteiger partial charge in [0, 0.05) is 17.2 Å². The number of alkyl halides is 3. The molecule has 6 nitrogen and oxygen atoms in total. The van der Waals surface area contributed by atoms with Gasteiger partial charge in [-0.2, -0.15) is 13.2 Å². The molecule has 3 aromatic carbocycles. The molecule has 3 rings (SSSR count). The number of methoxy groups -OCH3 is 1. The van der Waals surface area contributed by atoms with E-state index in [9.17, 15) is 32.3 Å². The monoisotopic (exact) mass is 534 g/mol. The first kappa shape index (κ1) is 28.5. The van der Waals surface area contributed by atoms with Crippen molar-refractivity contribution in [1.82, 2.24) is 0 Å². The first-order chi connectivity index (χ1) is 17.7. The lowest BCUT2D eigenvalue weighted by Gasteiger charge is -2.22. The van der Waals surface area contributed by atoms with Crippen LogP contribution in [-0.4, -0.2) is 29.8 Å². The molecule has 3 aromatic rings. The van der Waals surface area contributed by atoms with Crippen LogP contribution >= 0.6 is 0 Å². The maximum atomic E-state index is 14.9. The Morgan fingerprint density at radius 3 is 2.16 bits per heavy atom. The van der Waals surface area contributed by atoms with Crippen LogP contribution in [0.2, 0.25) is 0 Å². The Balaban J connectivity index is 1.84. The summed E-state index contributed by atoms with van der Waals surface area (Å²) >= 11 is 0. The zero-order valence-corrected chi connectivity index (χ0v) is 21.1. The second-order valence-electron chi connectivity index (χ2n) is 9.38. The third-order valence-corrected chi connectivity index (χ3v) is 5.35. The van der Waals surface area contributed by atoms with Crippen molar-refractivity contribution in [3.05, 3.63) is 82.7 Å². The zero-order chi connectivity index (χ0) is 28.3. The van der Waals surface area contributed by atoms with Gasteiger partial charge < -0.3 is 19.3 Å². The summed E-state index contributed by atoms with van der Waals surface area (Å²) in [5, 5.41) is 10.3. The minimum Gasteiger partial charge on any atom is -0.506 e. The highest BCUT2D eigenvalue weighted by Gasteiger charge is 2.37. The quantitative estimate of drug-likeness (QED) is 0.277. The normalized spacial score (nSPS) is 11.7. The number of halogens is 4. The van der Waals surface area contributed by atoms with E-state index in [1.54, 1.807) is 24.3 Å². The molecule has 0 unspecified atom stereocenters. The van der Waals surface area contributed by atoms with Gasteiger partial charge in [-0.1, -0.05) is 30.3 Å². The lowest BCUT2D eigenvalue weighted by molar-refractivity contribution is -0.140. The Morgan fingerprint density at radius 1 is 0.947 bits per heavy atom. The van der Waals surface area contributed by atoms with Gasteiger partial charge in [-0.3, -0.25) is 4.79 Å². The van der Waals surface area contributed by atoms with Crippen molar-refractivity contribution in [2.75, 3.05) is 7.11 Å². The molecule has 10 heteroatoms. The van der Waals surface area contributed by atoms with Gasteiger partial charge in [0.2, 0.25) is 0 Å². The number of carbonyl (C=O) groups is 2. The van der Waals surface area contributed by atoms with E-state index in [0.717, 1.165) is 12.1 Å². The van der Waals surface area contributed by atoms with Crippen LogP contribution in [0.15, 0.2) is 54.6 Å². The fourth-order valence-corrected chi connectivity index (χ4v) is 3.56. The minimum atomic E-state index is -4.91. The molecule has 0 atom stereocenters. The Kier molecular flexibility index (Phi) is 8.34. The second-order valence-corrected chi connectivity index (χ2v) is 9.38. The number of phenols is 1. The molecule has 0 heterocycles. The van der Waals surface area contributed by atoms with Gasteiger partial charge in [-0.05, 0) is 50.1 Å². The first-order valence-electron chi connectivity index (χ1n) is 11.4. The van der Waals surface area contributed by atoms with Crippen LogP contribution in [0.5, 0.6) is 11.5 Å². The minimum absolute atomic E-state index is 0.0445. The van der Waals surface area contributed by atoms with E-state index in [4.69, 9.17) is 9.47 Å². The van der Waals surface area contributed by atoms with Crippen LogP contribution in [0.3, 0.4) is 0 Å². The number of rotatable bonds is 7. The molecule has 38 heavy (non-hydrogen) atoms. The van der Waals surface area contributed by atoms with Gasteiger partial charge in [0.15, 0.2) is 0 Å². The average molecular weight is 535 g/mol. The molecule has 202 valence electrons. The van der Waals surface area contributed by atoms with Gasteiger partial charge in [0.05, 0.1) is 19.1 Å². The highest BCUT2D eigenvalue weighted by atomic mass is 19.4. The molecule has 0 radical (unpaired) electrons. The van der Waals surface area contributed by atoms with E-state index in [2.05, 4.69) is 4.74 Å². The molecule has 0 fully saturated rings. The molecule has 0 saturated carbocycles. The molecular weight excluding hydrogens is 508 g/mol. The van der Waals surface area contributed by atoms with Crippen LogP contribution in [0, 0.1) is 5.82 Å². The van der Waals surface area contributed by atoms with Gasteiger partial charge in [0.1, 0.15) is 35.1 Å². The number of ether oxygens (including phenoxy) is 3. The SMILES string of the molecule is COC(=O)Cc1ccc(-c2ccc(OCc3ccc(C(F)(F)F)c(O)c3C(=O)OC(C)(C)C)cc2F)cc1. The van der Waals surface area contributed by atoms with Gasteiger partial charge in [0.25, 0.3) is 0 Å². The van der Waals surface area contributed by atoms with Crippen molar-refractivity contribution >= 4 is 11.9 Å². The van der Waals surface area contributed by atoms with Crippen molar-refractivity contribution in [2.24, 2.45) is 0 Å². The molecule has 0 amide bonds. The standard InChI is InChI=1S/C28H26F4O6/c1-27(2,3)38-26(35)24-18(9-12-21(25(24)34)28(30,31)32)15-37-19-10-11-20(22(29)14-19)17-7-5-16(6-8-17)13-23(33)36-4/h5-12,14,34H,13,15H2,1-4H3. The Labute approximate surface area is 216 Å². The Bertz CT molecular complexity index is 1320. The summed E-state index contributed by atoms with van der Waals surface area (Å²) in [4.78, 5) is 24.1.